The summed E-state index contributed by atoms with van der Waals surface area (Å²) in [6.45, 7) is 3.75. The molecule has 2 rings (SSSR count). The van der Waals surface area contributed by atoms with Crippen molar-refractivity contribution in [2.75, 3.05) is 0 Å². The van der Waals surface area contributed by atoms with Gasteiger partial charge in [0.1, 0.15) is 5.92 Å². The summed E-state index contributed by atoms with van der Waals surface area (Å²) in [5.74, 6) is -2.32. The van der Waals surface area contributed by atoms with E-state index in [9.17, 15) is 9.59 Å². The van der Waals surface area contributed by atoms with E-state index in [0.29, 0.717) is 6.42 Å². The highest BCUT2D eigenvalue weighted by Crippen LogP contribution is 2.28. The molecule has 2 N–H and O–H groups in total. The van der Waals surface area contributed by atoms with Crippen LogP contribution in [-0.4, -0.2) is 11.9 Å². The lowest BCUT2D eigenvalue weighted by Crippen LogP contribution is -2.37. The van der Waals surface area contributed by atoms with Gasteiger partial charge in [0, 0.05) is 0 Å². The number of rotatable bonds is 7. The van der Waals surface area contributed by atoms with Gasteiger partial charge in [-0.05, 0) is 17.0 Å². The fourth-order valence-corrected chi connectivity index (χ4v) is 2.64. The number of nitrogens with two attached hydrogens (primary N) is 1. The molecule has 2 atom stereocenters. The maximum Gasteiger partial charge on any atom is 0.319 e. The number of esters is 1. The molecule has 0 radical (unpaired) electrons. The Bertz CT molecular complexity index is 630. The molecule has 0 aromatic heterocycles. The number of primary amides is 1. The van der Waals surface area contributed by atoms with Gasteiger partial charge in [0.15, 0.2) is 6.10 Å². The lowest BCUT2D eigenvalue weighted by atomic mass is 9.91. The highest BCUT2D eigenvalue weighted by molar-refractivity contribution is 5.97. The van der Waals surface area contributed by atoms with Crippen LogP contribution in [0.3, 0.4) is 0 Å². The van der Waals surface area contributed by atoms with Gasteiger partial charge >= 0.3 is 5.97 Å². The van der Waals surface area contributed by atoms with Crippen molar-refractivity contribution in [1.82, 2.24) is 0 Å². The van der Waals surface area contributed by atoms with Gasteiger partial charge in [-0.3, -0.25) is 9.59 Å². The molecule has 0 saturated carbocycles. The Labute approximate surface area is 142 Å². The summed E-state index contributed by atoms with van der Waals surface area (Å²) in [7, 11) is 0. The van der Waals surface area contributed by atoms with Crippen molar-refractivity contribution in [1.29, 1.82) is 0 Å². The molecule has 0 aliphatic rings. The Hall–Kier alpha value is -2.62. The Balaban J connectivity index is 2.32. The second-order valence-electron chi connectivity index (χ2n) is 5.90. The number of amides is 1. The fraction of sp³-hybridized carbons (Fsp3) is 0.300. The minimum absolute atomic E-state index is 0.165. The first-order valence-electron chi connectivity index (χ1n) is 8.14. The minimum Gasteiger partial charge on any atom is -0.452 e. The van der Waals surface area contributed by atoms with Gasteiger partial charge in [0.2, 0.25) is 5.91 Å². The minimum atomic E-state index is -0.940. The summed E-state index contributed by atoms with van der Waals surface area (Å²) < 4.78 is 5.73. The third-order valence-electron chi connectivity index (χ3n) is 4.21. The van der Waals surface area contributed by atoms with Gasteiger partial charge in [0.25, 0.3) is 0 Å². The lowest BCUT2D eigenvalue weighted by molar-refractivity contribution is -0.157. The average Bonchev–Trinajstić information content (AvgIpc) is 2.60. The van der Waals surface area contributed by atoms with E-state index in [2.05, 4.69) is 0 Å². The largest absolute Gasteiger partial charge is 0.452 e. The maximum atomic E-state index is 12.6. The van der Waals surface area contributed by atoms with Crippen molar-refractivity contribution in [2.24, 2.45) is 17.6 Å². The van der Waals surface area contributed by atoms with Crippen LogP contribution in [0.1, 0.15) is 37.5 Å². The molecule has 126 valence electrons. The van der Waals surface area contributed by atoms with E-state index in [1.807, 2.05) is 74.5 Å². The van der Waals surface area contributed by atoms with Crippen molar-refractivity contribution in [3.05, 3.63) is 71.8 Å². The summed E-state index contributed by atoms with van der Waals surface area (Å²) in [6, 6.07) is 18.9. The first kappa shape index (κ1) is 17.7. The lowest BCUT2D eigenvalue weighted by Gasteiger charge is -2.24. The predicted octanol–water partition coefficient (Wildman–Crippen LogP) is 3.47. The molecule has 0 unspecified atom stereocenters. The zero-order chi connectivity index (χ0) is 17.5. The van der Waals surface area contributed by atoms with Gasteiger partial charge in [-0.1, -0.05) is 80.9 Å². The van der Waals surface area contributed by atoms with Crippen molar-refractivity contribution in [3.63, 3.8) is 0 Å². The molecule has 1 amide bonds. The standard InChI is InChI=1S/C20H23NO3/c1-3-14(2)17(19(21)22)20(23)24-18(15-10-6-4-7-11-15)16-12-8-5-9-13-16/h4-14,17-18H,3H2,1-2H3,(H2,21,22)/t14-,17-/m0/s1. The Morgan fingerprint density at radius 2 is 1.42 bits per heavy atom. The average molecular weight is 325 g/mol. The summed E-state index contributed by atoms with van der Waals surface area (Å²) in [6.07, 6.45) is 0.107. The van der Waals surface area contributed by atoms with Crippen LogP contribution < -0.4 is 5.73 Å². The summed E-state index contributed by atoms with van der Waals surface area (Å²) >= 11 is 0. The molecular weight excluding hydrogens is 302 g/mol. The molecule has 0 spiro atoms. The molecule has 0 heterocycles. The zero-order valence-corrected chi connectivity index (χ0v) is 14.0. The van der Waals surface area contributed by atoms with E-state index in [1.54, 1.807) is 0 Å². The van der Waals surface area contributed by atoms with E-state index < -0.39 is 23.9 Å². The number of carbonyl (C=O) groups is 2. The highest BCUT2D eigenvalue weighted by atomic mass is 16.5. The summed E-state index contributed by atoms with van der Waals surface area (Å²) in [5.41, 5.74) is 7.13. The smallest absolute Gasteiger partial charge is 0.319 e. The van der Waals surface area contributed by atoms with Crippen LogP contribution in [0.5, 0.6) is 0 Å². The first-order valence-corrected chi connectivity index (χ1v) is 8.14. The number of carbonyl (C=O) groups excluding carboxylic acids is 2. The zero-order valence-electron chi connectivity index (χ0n) is 14.0. The topological polar surface area (TPSA) is 69.4 Å². The van der Waals surface area contributed by atoms with E-state index in [-0.39, 0.29) is 5.92 Å². The number of hydrogen-bond donors (Lipinski definition) is 1. The Kier molecular flexibility index (Phi) is 6.13. The molecule has 0 saturated heterocycles. The normalized spacial score (nSPS) is 13.3. The van der Waals surface area contributed by atoms with E-state index >= 15 is 0 Å². The van der Waals surface area contributed by atoms with Crippen LogP contribution in [0, 0.1) is 11.8 Å². The number of hydrogen-bond acceptors (Lipinski definition) is 3. The van der Waals surface area contributed by atoms with Crippen LogP contribution in [0.2, 0.25) is 0 Å². The number of benzene rings is 2. The second-order valence-corrected chi connectivity index (χ2v) is 5.90. The van der Waals surface area contributed by atoms with Gasteiger partial charge in [-0.25, -0.2) is 0 Å². The molecule has 0 bridgehead atoms. The molecular formula is C20H23NO3. The fourth-order valence-electron chi connectivity index (χ4n) is 2.64. The summed E-state index contributed by atoms with van der Waals surface area (Å²) in [5, 5.41) is 0. The Morgan fingerprint density at radius 3 is 1.79 bits per heavy atom. The van der Waals surface area contributed by atoms with Crippen LogP contribution >= 0.6 is 0 Å². The van der Waals surface area contributed by atoms with E-state index in [1.165, 1.54) is 0 Å². The predicted molar refractivity (Wildman–Crippen MR) is 93.0 cm³/mol. The molecule has 2 aromatic rings. The second kappa shape index (κ2) is 8.29. The highest BCUT2D eigenvalue weighted by Gasteiger charge is 2.33. The molecule has 2 aromatic carbocycles. The number of ether oxygens (including phenoxy) is 1. The monoisotopic (exact) mass is 325 g/mol. The quantitative estimate of drug-likeness (QED) is 0.626. The van der Waals surface area contributed by atoms with Crippen LogP contribution in [0.4, 0.5) is 0 Å². The maximum absolute atomic E-state index is 12.6. The van der Waals surface area contributed by atoms with E-state index in [0.717, 1.165) is 11.1 Å². The van der Waals surface area contributed by atoms with Gasteiger partial charge < -0.3 is 10.5 Å². The van der Waals surface area contributed by atoms with Crippen LogP contribution in [0.15, 0.2) is 60.7 Å². The van der Waals surface area contributed by atoms with Gasteiger partial charge in [-0.15, -0.1) is 0 Å². The van der Waals surface area contributed by atoms with Gasteiger partial charge in [0.05, 0.1) is 0 Å². The SMILES string of the molecule is CC[C@H](C)[C@@H](C(N)=O)C(=O)OC(c1ccccc1)c1ccccc1. The molecule has 0 aliphatic carbocycles. The molecule has 4 nitrogen and oxygen atoms in total. The van der Waals surface area contributed by atoms with Crippen LogP contribution in [-0.2, 0) is 14.3 Å². The molecule has 4 heteroatoms. The van der Waals surface area contributed by atoms with Crippen molar-refractivity contribution >= 4 is 11.9 Å². The third-order valence-corrected chi connectivity index (χ3v) is 4.21. The van der Waals surface area contributed by atoms with E-state index in [4.69, 9.17) is 10.5 Å². The van der Waals surface area contributed by atoms with Crippen molar-refractivity contribution in [2.45, 2.75) is 26.4 Å². The molecule has 24 heavy (non-hydrogen) atoms. The molecule has 0 fully saturated rings. The van der Waals surface area contributed by atoms with Crippen molar-refractivity contribution in [3.8, 4) is 0 Å². The Morgan fingerprint density at radius 1 is 0.958 bits per heavy atom. The first-order chi connectivity index (χ1) is 11.5. The molecule has 0 aliphatic heterocycles. The van der Waals surface area contributed by atoms with Gasteiger partial charge in [-0.2, -0.15) is 0 Å². The van der Waals surface area contributed by atoms with Crippen molar-refractivity contribution < 1.29 is 14.3 Å². The van der Waals surface area contributed by atoms with Crippen LogP contribution in [0.25, 0.3) is 0 Å². The summed E-state index contributed by atoms with van der Waals surface area (Å²) in [4.78, 5) is 24.3. The third kappa shape index (κ3) is 4.22.